The SMILES string of the molecule is O=C(O)C1CCN(C(=O)/C=C/c2ccc(Sc3cccc(N4CCCC(C(=O)O)C4)c3)c(Cl)c2Cl)CC1. The maximum absolute atomic E-state index is 12.5. The van der Waals surface area contributed by atoms with Crippen LogP contribution in [0, 0.1) is 11.8 Å². The number of piperidine rings is 2. The number of carbonyl (C=O) groups excluding carboxylic acids is 1. The molecule has 2 heterocycles. The Morgan fingerprint density at radius 2 is 1.65 bits per heavy atom. The molecule has 10 heteroatoms. The third-order valence-corrected chi connectivity index (χ3v) is 8.88. The average molecular weight is 564 g/mol. The quantitative estimate of drug-likeness (QED) is 0.412. The zero-order valence-electron chi connectivity index (χ0n) is 20.1. The Balaban J connectivity index is 1.41. The van der Waals surface area contributed by atoms with Crippen molar-refractivity contribution in [3.8, 4) is 0 Å². The maximum Gasteiger partial charge on any atom is 0.308 e. The summed E-state index contributed by atoms with van der Waals surface area (Å²) in [6.45, 7) is 2.14. The Morgan fingerprint density at radius 3 is 2.35 bits per heavy atom. The summed E-state index contributed by atoms with van der Waals surface area (Å²) in [6.07, 6.45) is 5.51. The second kappa shape index (κ2) is 12.2. The highest BCUT2D eigenvalue weighted by atomic mass is 35.5. The Morgan fingerprint density at radius 1 is 0.919 bits per heavy atom. The van der Waals surface area contributed by atoms with Gasteiger partial charge in [0.05, 0.1) is 21.9 Å². The molecule has 7 nitrogen and oxygen atoms in total. The highest BCUT2D eigenvalue weighted by Gasteiger charge is 2.27. The average Bonchev–Trinajstić information content (AvgIpc) is 2.91. The van der Waals surface area contributed by atoms with Crippen LogP contribution in [0.3, 0.4) is 0 Å². The van der Waals surface area contributed by atoms with Crippen LogP contribution in [0.2, 0.25) is 10.0 Å². The van der Waals surface area contributed by atoms with Gasteiger partial charge in [-0.1, -0.05) is 47.1 Å². The number of anilines is 1. The van der Waals surface area contributed by atoms with Gasteiger partial charge in [0.1, 0.15) is 0 Å². The summed E-state index contributed by atoms with van der Waals surface area (Å²) < 4.78 is 0. The normalized spacial score (nSPS) is 18.8. The van der Waals surface area contributed by atoms with Gasteiger partial charge in [-0.15, -0.1) is 0 Å². The summed E-state index contributed by atoms with van der Waals surface area (Å²) in [6, 6.07) is 11.6. The van der Waals surface area contributed by atoms with Crippen molar-refractivity contribution in [2.75, 3.05) is 31.1 Å². The van der Waals surface area contributed by atoms with Gasteiger partial charge in [0.2, 0.25) is 5.91 Å². The van der Waals surface area contributed by atoms with Crippen LogP contribution < -0.4 is 4.90 Å². The van der Waals surface area contributed by atoms with E-state index in [1.807, 2.05) is 36.4 Å². The van der Waals surface area contributed by atoms with Gasteiger partial charge in [0.25, 0.3) is 0 Å². The number of carboxylic acid groups (broad SMARTS) is 2. The van der Waals surface area contributed by atoms with Crippen molar-refractivity contribution in [2.45, 2.75) is 35.5 Å². The molecule has 0 saturated carbocycles. The highest BCUT2D eigenvalue weighted by Crippen LogP contribution is 2.40. The minimum Gasteiger partial charge on any atom is -0.481 e. The van der Waals surface area contributed by atoms with Gasteiger partial charge < -0.3 is 20.0 Å². The Hall–Kier alpha value is -2.68. The molecule has 0 spiro atoms. The molecule has 37 heavy (non-hydrogen) atoms. The van der Waals surface area contributed by atoms with Gasteiger partial charge >= 0.3 is 11.9 Å². The molecule has 0 bridgehead atoms. The number of hydrogen-bond donors (Lipinski definition) is 2. The van der Waals surface area contributed by atoms with Gasteiger partial charge in [0, 0.05) is 47.7 Å². The lowest BCUT2D eigenvalue weighted by atomic mass is 9.97. The number of aliphatic carboxylic acids is 2. The fourth-order valence-electron chi connectivity index (χ4n) is 4.65. The number of amides is 1. The van der Waals surface area contributed by atoms with Crippen molar-refractivity contribution in [2.24, 2.45) is 11.8 Å². The number of halogens is 2. The lowest BCUT2D eigenvalue weighted by Gasteiger charge is -2.32. The predicted molar refractivity (Wildman–Crippen MR) is 146 cm³/mol. The van der Waals surface area contributed by atoms with E-state index in [1.54, 1.807) is 11.0 Å². The van der Waals surface area contributed by atoms with Crippen molar-refractivity contribution in [1.82, 2.24) is 4.90 Å². The van der Waals surface area contributed by atoms with Gasteiger partial charge in [0.15, 0.2) is 0 Å². The lowest BCUT2D eigenvalue weighted by Crippen LogP contribution is -2.39. The minimum atomic E-state index is -0.813. The molecule has 2 saturated heterocycles. The van der Waals surface area contributed by atoms with E-state index in [2.05, 4.69) is 4.90 Å². The number of likely N-dealkylation sites (tertiary alicyclic amines) is 1. The molecule has 2 aromatic carbocycles. The number of benzene rings is 2. The Kier molecular flexibility index (Phi) is 9.05. The number of rotatable bonds is 7. The molecule has 0 radical (unpaired) electrons. The van der Waals surface area contributed by atoms with Crippen molar-refractivity contribution in [3.63, 3.8) is 0 Å². The van der Waals surface area contributed by atoms with E-state index in [-0.39, 0.29) is 11.8 Å². The third kappa shape index (κ3) is 6.80. The molecule has 196 valence electrons. The van der Waals surface area contributed by atoms with E-state index in [0.29, 0.717) is 54.5 Å². The molecule has 1 unspecified atom stereocenters. The summed E-state index contributed by atoms with van der Waals surface area (Å²) in [5.74, 6) is -2.51. The zero-order valence-corrected chi connectivity index (χ0v) is 22.4. The van der Waals surface area contributed by atoms with E-state index < -0.39 is 17.9 Å². The van der Waals surface area contributed by atoms with Crippen LogP contribution in [-0.2, 0) is 14.4 Å². The first-order chi connectivity index (χ1) is 17.7. The second-order valence-electron chi connectivity index (χ2n) is 9.27. The topological polar surface area (TPSA) is 98.2 Å². The fraction of sp³-hybridized carbons (Fsp3) is 0.370. The zero-order chi connectivity index (χ0) is 26.5. The molecule has 2 aliphatic rings. The monoisotopic (exact) mass is 562 g/mol. The molecule has 2 fully saturated rings. The largest absolute Gasteiger partial charge is 0.481 e. The van der Waals surface area contributed by atoms with Gasteiger partial charge in [-0.25, -0.2) is 0 Å². The first-order valence-electron chi connectivity index (χ1n) is 12.2. The Labute approximate surface area is 230 Å². The standard InChI is InChI=1S/C27H28Cl2N2O5S/c28-24-17(7-9-23(32)30-13-10-18(11-14-30)26(33)34)6-8-22(25(24)29)37-21-5-1-4-20(15-21)31-12-2-3-19(16-31)27(35)36/h1,4-9,15,18-19H,2-3,10-14,16H2,(H,33,34)(H,35,36)/b9-7+. The Bertz CT molecular complexity index is 1210. The maximum atomic E-state index is 12.5. The predicted octanol–water partition coefficient (Wildman–Crippen LogP) is 5.78. The molecule has 2 N–H and O–H groups in total. The summed E-state index contributed by atoms with van der Waals surface area (Å²) in [4.78, 5) is 40.6. The van der Waals surface area contributed by atoms with Gasteiger partial charge in [-0.05, 0) is 61.6 Å². The molecular weight excluding hydrogens is 535 g/mol. The third-order valence-electron chi connectivity index (χ3n) is 6.82. The number of hydrogen-bond acceptors (Lipinski definition) is 5. The molecule has 0 aromatic heterocycles. The molecule has 1 atom stereocenters. The minimum absolute atomic E-state index is 0.186. The number of carbonyl (C=O) groups is 3. The van der Waals surface area contributed by atoms with E-state index >= 15 is 0 Å². The smallest absolute Gasteiger partial charge is 0.308 e. The van der Waals surface area contributed by atoms with E-state index in [1.165, 1.54) is 17.8 Å². The summed E-state index contributed by atoms with van der Waals surface area (Å²) >= 11 is 14.6. The van der Waals surface area contributed by atoms with Crippen LogP contribution >= 0.6 is 35.0 Å². The van der Waals surface area contributed by atoms with Crippen LogP contribution in [0.5, 0.6) is 0 Å². The highest BCUT2D eigenvalue weighted by molar-refractivity contribution is 7.99. The first-order valence-corrected chi connectivity index (χ1v) is 13.7. The molecule has 4 rings (SSSR count). The molecule has 2 aliphatic heterocycles. The van der Waals surface area contributed by atoms with E-state index in [9.17, 15) is 19.5 Å². The van der Waals surface area contributed by atoms with E-state index in [0.717, 1.165) is 28.4 Å². The first kappa shape index (κ1) is 27.4. The lowest BCUT2D eigenvalue weighted by molar-refractivity contribution is -0.145. The number of carboxylic acids is 2. The van der Waals surface area contributed by atoms with Crippen molar-refractivity contribution < 1.29 is 24.6 Å². The van der Waals surface area contributed by atoms with E-state index in [4.69, 9.17) is 28.3 Å². The summed E-state index contributed by atoms with van der Waals surface area (Å²) in [5, 5.41) is 19.2. The van der Waals surface area contributed by atoms with Crippen LogP contribution in [0.4, 0.5) is 5.69 Å². The van der Waals surface area contributed by atoms with Crippen LogP contribution in [-0.4, -0.2) is 59.1 Å². The summed E-state index contributed by atoms with van der Waals surface area (Å²) in [7, 11) is 0. The second-order valence-corrected chi connectivity index (χ2v) is 11.1. The van der Waals surface area contributed by atoms with Crippen LogP contribution in [0.25, 0.3) is 6.08 Å². The molecule has 1 amide bonds. The van der Waals surface area contributed by atoms with Crippen LogP contribution in [0.1, 0.15) is 31.2 Å². The summed E-state index contributed by atoms with van der Waals surface area (Å²) in [5.41, 5.74) is 1.59. The van der Waals surface area contributed by atoms with Gasteiger partial charge in [-0.2, -0.15) is 0 Å². The van der Waals surface area contributed by atoms with Crippen molar-refractivity contribution in [1.29, 1.82) is 0 Å². The number of nitrogens with zero attached hydrogens (tertiary/aromatic N) is 2. The van der Waals surface area contributed by atoms with Crippen molar-refractivity contribution in [3.05, 3.63) is 58.1 Å². The molecular formula is C27H28Cl2N2O5S. The van der Waals surface area contributed by atoms with Crippen molar-refractivity contribution >= 4 is 64.6 Å². The fourth-order valence-corrected chi connectivity index (χ4v) is 6.13. The molecule has 0 aliphatic carbocycles. The molecule has 2 aromatic rings. The van der Waals surface area contributed by atoms with Gasteiger partial charge in [-0.3, -0.25) is 14.4 Å². The van der Waals surface area contributed by atoms with Crippen LogP contribution in [0.15, 0.2) is 52.3 Å².